The molecule has 11 heteroatoms. The number of rotatable bonds is 3. The maximum atomic E-state index is 13.9. The first-order chi connectivity index (χ1) is 16.4. The number of fused-ring (bicyclic) bond motifs is 6. The number of imidazole rings is 1. The predicted molar refractivity (Wildman–Crippen MR) is 117 cm³/mol. The van der Waals surface area contributed by atoms with E-state index in [0.717, 1.165) is 67.5 Å². The minimum atomic E-state index is -1.52. The van der Waals surface area contributed by atoms with E-state index in [-0.39, 0.29) is 16.9 Å². The van der Waals surface area contributed by atoms with Gasteiger partial charge in [0, 0.05) is 24.5 Å². The number of aryl methyl sites for hydroxylation is 1. The second-order valence-corrected chi connectivity index (χ2v) is 8.65. The number of aromatic nitrogens is 7. The predicted octanol–water partition coefficient (Wildman–Crippen LogP) is 4.24. The smallest absolute Gasteiger partial charge is 0.237 e. The molecule has 0 bridgehead atoms. The highest BCUT2D eigenvalue weighted by atomic mass is 19.2. The molecule has 0 unspecified atom stereocenters. The largest absolute Gasteiger partial charge is 0.342 e. The summed E-state index contributed by atoms with van der Waals surface area (Å²) in [6.07, 6.45) is 8.68. The molecule has 8 nitrogen and oxygen atoms in total. The fraction of sp³-hybridized carbons (Fsp3) is 0.348. The molecule has 3 aromatic heterocycles. The second-order valence-electron chi connectivity index (χ2n) is 8.65. The van der Waals surface area contributed by atoms with Gasteiger partial charge in [-0.15, -0.1) is 10.2 Å². The summed E-state index contributed by atoms with van der Waals surface area (Å²) < 4.78 is 44.9. The summed E-state index contributed by atoms with van der Waals surface area (Å²) >= 11 is 0. The van der Waals surface area contributed by atoms with Gasteiger partial charge >= 0.3 is 0 Å². The van der Waals surface area contributed by atoms with Crippen LogP contribution in [0.25, 0.3) is 23.0 Å². The van der Waals surface area contributed by atoms with E-state index in [2.05, 4.69) is 32.0 Å². The highest BCUT2D eigenvalue weighted by Gasteiger charge is 2.48. The zero-order valence-corrected chi connectivity index (χ0v) is 18.6. The van der Waals surface area contributed by atoms with Gasteiger partial charge < -0.3 is 4.90 Å². The average molecular weight is 466 g/mol. The lowest BCUT2D eigenvalue weighted by Gasteiger charge is -2.49. The minimum absolute atomic E-state index is 0.0838. The molecule has 0 radical (unpaired) electrons. The zero-order chi connectivity index (χ0) is 23.6. The minimum Gasteiger partial charge on any atom is -0.342 e. The summed E-state index contributed by atoms with van der Waals surface area (Å²) in [5, 5.41) is 8.88. The Labute approximate surface area is 193 Å². The molecule has 34 heavy (non-hydrogen) atoms. The third-order valence-corrected chi connectivity index (χ3v) is 6.90. The van der Waals surface area contributed by atoms with Crippen LogP contribution in [0.15, 0.2) is 30.7 Å². The van der Waals surface area contributed by atoms with Crippen molar-refractivity contribution < 1.29 is 13.2 Å². The second kappa shape index (κ2) is 7.37. The first-order valence-electron chi connectivity index (χ1n) is 11.2. The van der Waals surface area contributed by atoms with Crippen molar-refractivity contribution in [3.8, 4) is 23.0 Å². The van der Waals surface area contributed by atoms with Crippen LogP contribution in [0, 0.1) is 24.4 Å². The van der Waals surface area contributed by atoms with Crippen molar-refractivity contribution in [1.29, 1.82) is 0 Å². The number of anilines is 1. The van der Waals surface area contributed by atoms with Crippen LogP contribution in [0.4, 0.5) is 19.0 Å². The monoisotopic (exact) mass is 466 g/mol. The Morgan fingerprint density at radius 2 is 1.85 bits per heavy atom. The molecule has 0 spiro atoms. The number of halogens is 3. The molecule has 0 amide bonds. The van der Waals surface area contributed by atoms with Crippen molar-refractivity contribution in [3.05, 3.63) is 59.8 Å². The fourth-order valence-corrected chi connectivity index (χ4v) is 5.25. The van der Waals surface area contributed by atoms with Crippen molar-refractivity contribution in [2.24, 2.45) is 0 Å². The van der Waals surface area contributed by atoms with Crippen LogP contribution < -0.4 is 4.90 Å². The standard InChI is InChI=1S/C23H21F3N8/c1-3-23-6-4-5-8-33(23)20-17(34-13(2)30-31-21(23)34)12-28-22(29-20)32-9-7-27-19(32)14-10-15(24)18(26)16(25)11-14/h7,9-12H,3-6,8H2,1-2H3/t23-/m1/s1. The Morgan fingerprint density at radius 1 is 1.06 bits per heavy atom. The van der Waals surface area contributed by atoms with Gasteiger partial charge in [-0.25, -0.2) is 23.1 Å². The zero-order valence-electron chi connectivity index (χ0n) is 18.6. The average Bonchev–Trinajstić information content (AvgIpc) is 3.49. The Morgan fingerprint density at radius 3 is 2.62 bits per heavy atom. The Balaban J connectivity index is 1.53. The van der Waals surface area contributed by atoms with Crippen molar-refractivity contribution in [2.45, 2.75) is 45.1 Å². The first-order valence-corrected chi connectivity index (χ1v) is 11.2. The SMILES string of the molecule is CC[C@]12CCCCN1c1nc(-n3ccnc3-c3cc(F)c(F)c(F)c3)ncc1-n1c(C)nnc12. The molecule has 0 aliphatic carbocycles. The molecule has 0 N–H and O–H groups in total. The first kappa shape index (κ1) is 20.8. The fourth-order valence-electron chi connectivity index (χ4n) is 5.25. The van der Waals surface area contributed by atoms with Gasteiger partial charge in [-0.05, 0) is 44.7 Å². The number of nitrogens with zero attached hydrogens (tertiary/aromatic N) is 8. The van der Waals surface area contributed by atoms with Crippen LogP contribution in [0.1, 0.15) is 44.3 Å². The Bertz CT molecular complexity index is 1400. The lowest BCUT2D eigenvalue weighted by atomic mass is 9.82. The number of piperidine rings is 1. The van der Waals surface area contributed by atoms with Crippen LogP contribution in [0.2, 0.25) is 0 Å². The van der Waals surface area contributed by atoms with Crippen LogP contribution in [0.3, 0.4) is 0 Å². The van der Waals surface area contributed by atoms with E-state index < -0.39 is 17.5 Å². The third-order valence-electron chi connectivity index (χ3n) is 6.90. The molecule has 1 saturated heterocycles. The maximum absolute atomic E-state index is 13.9. The molecule has 4 aromatic rings. The van der Waals surface area contributed by atoms with Gasteiger partial charge in [0.15, 0.2) is 29.1 Å². The highest BCUT2D eigenvalue weighted by Crippen LogP contribution is 2.48. The van der Waals surface area contributed by atoms with Gasteiger partial charge in [0.25, 0.3) is 0 Å². The molecule has 174 valence electrons. The molecule has 2 aliphatic heterocycles. The van der Waals surface area contributed by atoms with Gasteiger partial charge in [0.2, 0.25) is 5.95 Å². The van der Waals surface area contributed by atoms with E-state index in [0.29, 0.717) is 5.95 Å². The molecule has 6 rings (SSSR count). The van der Waals surface area contributed by atoms with E-state index in [1.807, 2.05) is 11.5 Å². The van der Waals surface area contributed by atoms with Crippen molar-refractivity contribution in [3.63, 3.8) is 0 Å². The molecule has 2 aliphatic rings. The maximum Gasteiger partial charge on any atom is 0.237 e. The lowest BCUT2D eigenvalue weighted by molar-refractivity contribution is 0.274. The summed E-state index contributed by atoms with van der Waals surface area (Å²) in [5.74, 6) is -1.19. The number of hydrogen-bond acceptors (Lipinski definition) is 6. The van der Waals surface area contributed by atoms with E-state index in [1.165, 1.54) is 6.20 Å². The molecular weight excluding hydrogens is 445 g/mol. The van der Waals surface area contributed by atoms with Crippen molar-refractivity contribution in [1.82, 2.24) is 34.3 Å². The molecule has 1 aromatic carbocycles. The van der Waals surface area contributed by atoms with Crippen LogP contribution in [0.5, 0.6) is 0 Å². The molecular formula is C23H21F3N8. The summed E-state index contributed by atoms with van der Waals surface area (Å²) in [6, 6.07) is 1.82. The highest BCUT2D eigenvalue weighted by molar-refractivity contribution is 5.65. The summed E-state index contributed by atoms with van der Waals surface area (Å²) in [6.45, 7) is 4.86. The van der Waals surface area contributed by atoms with Gasteiger partial charge in [-0.1, -0.05) is 6.92 Å². The lowest BCUT2D eigenvalue weighted by Crippen LogP contribution is -2.54. The van der Waals surface area contributed by atoms with Crippen LogP contribution in [-0.4, -0.2) is 40.8 Å². The topological polar surface area (TPSA) is 77.5 Å². The van der Waals surface area contributed by atoms with Gasteiger partial charge in [0.05, 0.1) is 6.20 Å². The van der Waals surface area contributed by atoms with Gasteiger partial charge in [0.1, 0.15) is 22.9 Å². The number of benzene rings is 1. The van der Waals surface area contributed by atoms with Gasteiger partial charge in [-0.3, -0.25) is 9.13 Å². The molecule has 0 saturated carbocycles. The van der Waals surface area contributed by atoms with Gasteiger partial charge in [-0.2, -0.15) is 4.98 Å². The van der Waals surface area contributed by atoms with Crippen molar-refractivity contribution in [2.75, 3.05) is 11.4 Å². The van der Waals surface area contributed by atoms with Crippen molar-refractivity contribution >= 4 is 5.82 Å². The quantitative estimate of drug-likeness (QED) is 0.420. The summed E-state index contributed by atoms with van der Waals surface area (Å²) in [7, 11) is 0. The normalized spacial score (nSPS) is 19.0. The number of hydrogen-bond donors (Lipinski definition) is 0. The molecule has 5 heterocycles. The van der Waals surface area contributed by atoms with E-state index >= 15 is 0 Å². The molecule has 1 atom stereocenters. The van der Waals surface area contributed by atoms with E-state index in [1.54, 1.807) is 17.0 Å². The molecule has 1 fully saturated rings. The summed E-state index contributed by atoms with van der Waals surface area (Å²) in [5.41, 5.74) is 0.548. The van der Waals surface area contributed by atoms with E-state index in [4.69, 9.17) is 4.98 Å². The third kappa shape index (κ3) is 2.75. The Kier molecular flexibility index (Phi) is 4.51. The summed E-state index contributed by atoms with van der Waals surface area (Å²) in [4.78, 5) is 16.0. The van der Waals surface area contributed by atoms with E-state index in [9.17, 15) is 13.2 Å². The van der Waals surface area contributed by atoms with Crippen LogP contribution in [-0.2, 0) is 5.54 Å². The Hall–Kier alpha value is -3.76. The van der Waals surface area contributed by atoms with Crippen LogP contribution >= 0.6 is 0 Å².